The van der Waals surface area contributed by atoms with Gasteiger partial charge in [0, 0.05) is 6.20 Å². The Bertz CT molecular complexity index is 686. The van der Waals surface area contributed by atoms with Crippen molar-refractivity contribution < 1.29 is 19.4 Å². The summed E-state index contributed by atoms with van der Waals surface area (Å²) in [6.45, 7) is 1.97. The fourth-order valence-corrected chi connectivity index (χ4v) is 2.17. The van der Waals surface area contributed by atoms with Gasteiger partial charge in [0.25, 0.3) is 0 Å². The van der Waals surface area contributed by atoms with Crippen molar-refractivity contribution in [3.8, 4) is 11.6 Å². The third kappa shape index (κ3) is 3.65. The lowest BCUT2D eigenvalue weighted by atomic mass is 10.2. The molecule has 1 atom stereocenters. The van der Waals surface area contributed by atoms with Gasteiger partial charge in [0.15, 0.2) is 5.82 Å². The Balaban J connectivity index is 1.93. The van der Waals surface area contributed by atoms with Crippen molar-refractivity contribution in [2.45, 2.75) is 25.9 Å². The molecule has 1 aliphatic carbocycles. The van der Waals surface area contributed by atoms with Crippen LogP contribution in [0.15, 0.2) is 36.5 Å². The number of rotatable bonds is 6. The predicted octanol–water partition coefficient (Wildman–Crippen LogP) is 2.89. The summed E-state index contributed by atoms with van der Waals surface area (Å²) in [5.41, 5.74) is 0.141. The van der Waals surface area contributed by atoms with Gasteiger partial charge in [0.05, 0.1) is 6.61 Å². The minimum Gasteiger partial charge on any atom is -0.462 e. The topological polar surface area (TPSA) is 81.5 Å². The summed E-state index contributed by atoms with van der Waals surface area (Å²) in [6, 6.07) is 9.02. The van der Waals surface area contributed by atoms with Crippen LogP contribution in [-0.4, -0.2) is 27.7 Å². The van der Waals surface area contributed by atoms with E-state index in [2.05, 4.69) is 9.97 Å². The van der Waals surface area contributed by atoms with Crippen molar-refractivity contribution in [2.24, 2.45) is 5.92 Å². The van der Waals surface area contributed by atoms with Crippen LogP contribution >= 0.6 is 0 Å². The highest BCUT2D eigenvalue weighted by Crippen LogP contribution is 2.40. The van der Waals surface area contributed by atoms with Crippen LogP contribution in [-0.2, 0) is 4.74 Å². The molecule has 0 bridgehead atoms. The highest BCUT2D eigenvalue weighted by atomic mass is 16.5. The number of benzene rings is 1. The summed E-state index contributed by atoms with van der Waals surface area (Å²) in [6.07, 6.45) is 2.53. The number of aliphatic hydroxyl groups is 1. The molecule has 6 nitrogen and oxygen atoms in total. The maximum Gasteiger partial charge on any atom is 0.345 e. The molecule has 1 aromatic carbocycles. The first-order valence-electron chi connectivity index (χ1n) is 7.64. The SMILES string of the molecule is CCOC(=O)c1cnc(C(O)C2CC2)nc1Oc1ccccc1. The summed E-state index contributed by atoms with van der Waals surface area (Å²) in [4.78, 5) is 20.4. The highest BCUT2D eigenvalue weighted by Gasteiger charge is 2.33. The maximum absolute atomic E-state index is 12.0. The third-order valence-corrected chi connectivity index (χ3v) is 3.56. The molecule has 0 radical (unpaired) electrons. The van der Waals surface area contributed by atoms with Crippen LogP contribution in [0.4, 0.5) is 0 Å². The van der Waals surface area contributed by atoms with E-state index in [-0.39, 0.29) is 29.8 Å². The highest BCUT2D eigenvalue weighted by molar-refractivity contribution is 5.91. The molecular formula is C17H18N2O4. The number of esters is 1. The molecular weight excluding hydrogens is 296 g/mol. The first kappa shape index (κ1) is 15.4. The van der Waals surface area contributed by atoms with E-state index in [0.717, 1.165) is 12.8 Å². The Morgan fingerprint density at radius 2 is 2.09 bits per heavy atom. The van der Waals surface area contributed by atoms with Gasteiger partial charge in [-0.1, -0.05) is 18.2 Å². The predicted molar refractivity (Wildman–Crippen MR) is 82.2 cm³/mol. The van der Waals surface area contributed by atoms with Gasteiger partial charge in [-0.2, -0.15) is 4.98 Å². The fourth-order valence-electron chi connectivity index (χ4n) is 2.17. The number of hydrogen-bond acceptors (Lipinski definition) is 6. The number of carbonyl (C=O) groups is 1. The van der Waals surface area contributed by atoms with Crippen molar-refractivity contribution in [1.82, 2.24) is 9.97 Å². The smallest absolute Gasteiger partial charge is 0.345 e. The quantitative estimate of drug-likeness (QED) is 0.826. The summed E-state index contributed by atoms with van der Waals surface area (Å²) >= 11 is 0. The normalized spacial score (nSPS) is 15.0. The molecule has 1 aromatic heterocycles. The molecule has 0 amide bonds. The first-order valence-corrected chi connectivity index (χ1v) is 7.64. The molecule has 1 fully saturated rings. The standard InChI is InChI=1S/C17H18N2O4/c1-2-22-17(21)13-10-18-15(14(20)11-8-9-11)19-16(13)23-12-6-4-3-5-7-12/h3-7,10-11,14,20H,2,8-9H2,1H3. The van der Waals surface area contributed by atoms with Crippen LogP contribution in [0.25, 0.3) is 0 Å². The summed E-state index contributed by atoms with van der Waals surface area (Å²) in [5.74, 6) is 0.549. The molecule has 23 heavy (non-hydrogen) atoms. The second-order valence-electron chi connectivity index (χ2n) is 5.36. The Kier molecular flexibility index (Phi) is 4.52. The Labute approximate surface area is 134 Å². The molecule has 1 saturated carbocycles. The first-order chi connectivity index (χ1) is 11.2. The average Bonchev–Trinajstić information content (AvgIpc) is 3.40. The number of nitrogens with zero attached hydrogens (tertiary/aromatic N) is 2. The minimum atomic E-state index is -0.732. The zero-order valence-electron chi connectivity index (χ0n) is 12.8. The van der Waals surface area contributed by atoms with Gasteiger partial charge in [-0.3, -0.25) is 0 Å². The third-order valence-electron chi connectivity index (χ3n) is 3.56. The second kappa shape index (κ2) is 6.75. The van der Waals surface area contributed by atoms with Crippen molar-refractivity contribution >= 4 is 5.97 Å². The molecule has 1 aliphatic rings. The molecule has 3 rings (SSSR count). The van der Waals surface area contributed by atoms with E-state index in [1.165, 1.54) is 6.20 Å². The molecule has 0 spiro atoms. The van der Waals surface area contributed by atoms with Crippen LogP contribution < -0.4 is 4.74 Å². The van der Waals surface area contributed by atoms with Gasteiger partial charge >= 0.3 is 5.97 Å². The van der Waals surface area contributed by atoms with Crippen LogP contribution in [0.5, 0.6) is 11.6 Å². The van der Waals surface area contributed by atoms with Gasteiger partial charge < -0.3 is 14.6 Å². The van der Waals surface area contributed by atoms with E-state index in [9.17, 15) is 9.90 Å². The molecule has 2 aromatic rings. The van der Waals surface area contributed by atoms with Crippen LogP contribution in [0, 0.1) is 5.92 Å². The molecule has 0 aliphatic heterocycles. The minimum absolute atomic E-state index is 0.0966. The van der Waals surface area contributed by atoms with E-state index in [0.29, 0.717) is 5.75 Å². The van der Waals surface area contributed by atoms with Gasteiger partial charge in [-0.15, -0.1) is 0 Å². The number of hydrogen-bond donors (Lipinski definition) is 1. The number of ether oxygens (including phenoxy) is 2. The lowest BCUT2D eigenvalue weighted by molar-refractivity contribution is 0.0521. The number of aromatic nitrogens is 2. The van der Waals surface area contributed by atoms with Crippen molar-refractivity contribution in [1.29, 1.82) is 0 Å². The summed E-state index contributed by atoms with van der Waals surface area (Å²) in [5, 5.41) is 10.2. The largest absolute Gasteiger partial charge is 0.462 e. The molecule has 1 heterocycles. The molecule has 6 heteroatoms. The molecule has 1 N–H and O–H groups in total. The maximum atomic E-state index is 12.0. The number of para-hydroxylation sites is 1. The second-order valence-corrected chi connectivity index (χ2v) is 5.36. The summed E-state index contributed by atoms with van der Waals surface area (Å²) in [7, 11) is 0. The van der Waals surface area contributed by atoms with Crippen LogP contribution in [0.1, 0.15) is 42.1 Å². The van der Waals surface area contributed by atoms with Gasteiger partial charge in [-0.25, -0.2) is 9.78 Å². The number of carbonyl (C=O) groups excluding carboxylic acids is 1. The van der Waals surface area contributed by atoms with Crippen LogP contribution in [0.3, 0.4) is 0 Å². The Morgan fingerprint density at radius 1 is 1.35 bits per heavy atom. The van der Waals surface area contributed by atoms with Gasteiger partial charge in [-0.05, 0) is 37.8 Å². The zero-order chi connectivity index (χ0) is 16.2. The van der Waals surface area contributed by atoms with Crippen molar-refractivity contribution in [2.75, 3.05) is 6.61 Å². The van der Waals surface area contributed by atoms with Crippen molar-refractivity contribution in [3.63, 3.8) is 0 Å². The van der Waals surface area contributed by atoms with Gasteiger partial charge in [0.2, 0.25) is 5.88 Å². The van der Waals surface area contributed by atoms with Gasteiger partial charge in [0.1, 0.15) is 17.4 Å². The fraction of sp³-hybridized carbons (Fsp3) is 0.353. The molecule has 120 valence electrons. The van der Waals surface area contributed by atoms with E-state index in [1.807, 2.05) is 18.2 Å². The molecule has 1 unspecified atom stereocenters. The zero-order valence-corrected chi connectivity index (χ0v) is 12.8. The number of aliphatic hydroxyl groups excluding tert-OH is 1. The van der Waals surface area contributed by atoms with E-state index in [4.69, 9.17) is 9.47 Å². The molecule has 0 saturated heterocycles. The Morgan fingerprint density at radius 3 is 2.74 bits per heavy atom. The van der Waals surface area contributed by atoms with E-state index >= 15 is 0 Å². The summed E-state index contributed by atoms with van der Waals surface area (Å²) < 4.78 is 10.7. The van der Waals surface area contributed by atoms with Crippen LogP contribution in [0.2, 0.25) is 0 Å². The Hall–Kier alpha value is -2.47. The van der Waals surface area contributed by atoms with E-state index < -0.39 is 12.1 Å². The lowest BCUT2D eigenvalue weighted by Crippen LogP contribution is -2.12. The van der Waals surface area contributed by atoms with Crippen molar-refractivity contribution in [3.05, 3.63) is 47.9 Å². The average molecular weight is 314 g/mol. The lowest BCUT2D eigenvalue weighted by Gasteiger charge is -2.13. The van der Waals surface area contributed by atoms with E-state index in [1.54, 1.807) is 19.1 Å². The monoisotopic (exact) mass is 314 g/mol.